The molecule has 0 bridgehead atoms. The Hall–Kier alpha value is -2.68. The second-order valence-electron chi connectivity index (χ2n) is 4.60. The van der Waals surface area contributed by atoms with Crippen molar-refractivity contribution in [3.8, 4) is 0 Å². The van der Waals surface area contributed by atoms with Crippen molar-refractivity contribution >= 4 is 11.6 Å². The third-order valence-corrected chi connectivity index (χ3v) is 3.33. The summed E-state index contributed by atoms with van der Waals surface area (Å²) in [6, 6.07) is 6.95. The van der Waals surface area contributed by atoms with Crippen LogP contribution in [0.4, 0.5) is 0 Å². The van der Waals surface area contributed by atoms with Crippen molar-refractivity contribution in [1.29, 1.82) is 0 Å². The van der Waals surface area contributed by atoms with Gasteiger partial charge < -0.3 is 4.90 Å². The first-order valence-corrected chi connectivity index (χ1v) is 6.41. The lowest BCUT2D eigenvalue weighted by Gasteiger charge is -2.14. The topological polar surface area (TPSA) is 37.4 Å². The quantitative estimate of drug-likeness (QED) is 0.576. The Morgan fingerprint density at radius 2 is 1.50 bits per heavy atom. The van der Waals surface area contributed by atoms with Gasteiger partial charge in [-0.25, -0.2) is 0 Å². The van der Waals surface area contributed by atoms with Crippen molar-refractivity contribution in [3.63, 3.8) is 0 Å². The molecule has 0 spiro atoms. The summed E-state index contributed by atoms with van der Waals surface area (Å²) in [6.45, 7) is 1.93. The van der Waals surface area contributed by atoms with Crippen molar-refractivity contribution in [1.82, 2.24) is 4.90 Å². The standard InChI is InChI=1S/C17H13NO2/c1-2-9-18-10-7-12(8-11-18)15-16(19)13-5-3-4-6-14(13)17(15)20/h2-11H,1H3/b9-2-. The average molecular weight is 263 g/mol. The molecule has 0 fully saturated rings. The van der Waals surface area contributed by atoms with Crippen LogP contribution in [-0.4, -0.2) is 16.5 Å². The maximum Gasteiger partial charge on any atom is 0.198 e. The number of benzene rings is 1. The van der Waals surface area contributed by atoms with Gasteiger partial charge in [0.1, 0.15) is 0 Å². The van der Waals surface area contributed by atoms with Crippen molar-refractivity contribution in [3.05, 3.63) is 83.4 Å². The Labute approximate surface area is 117 Å². The van der Waals surface area contributed by atoms with Crippen LogP contribution in [0.2, 0.25) is 0 Å². The first kappa shape index (κ1) is 12.4. The van der Waals surface area contributed by atoms with E-state index in [1.807, 2.05) is 36.5 Å². The van der Waals surface area contributed by atoms with Crippen molar-refractivity contribution < 1.29 is 9.59 Å². The van der Waals surface area contributed by atoms with E-state index >= 15 is 0 Å². The molecule has 20 heavy (non-hydrogen) atoms. The normalized spacial score (nSPS) is 17.6. The Kier molecular flexibility index (Phi) is 2.95. The van der Waals surface area contributed by atoms with Crippen LogP contribution in [0.25, 0.3) is 0 Å². The molecule has 1 aliphatic heterocycles. The Bertz CT molecular complexity index is 667. The van der Waals surface area contributed by atoms with Crippen molar-refractivity contribution in [2.45, 2.75) is 6.92 Å². The summed E-state index contributed by atoms with van der Waals surface area (Å²) in [7, 11) is 0. The van der Waals surface area contributed by atoms with Crippen molar-refractivity contribution in [2.24, 2.45) is 0 Å². The Balaban J connectivity index is 2.04. The molecule has 1 aromatic rings. The molecule has 3 heteroatoms. The Morgan fingerprint density at radius 3 is 2.00 bits per heavy atom. The van der Waals surface area contributed by atoms with E-state index < -0.39 is 0 Å². The predicted octanol–water partition coefficient (Wildman–Crippen LogP) is 3.24. The molecule has 0 N–H and O–H groups in total. The summed E-state index contributed by atoms with van der Waals surface area (Å²) in [5, 5.41) is 0. The van der Waals surface area contributed by atoms with Gasteiger partial charge in [0.2, 0.25) is 0 Å². The highest BCUT2D eigenvalue weighted by Gasteiger charge is 2.34. The van der Waals surface area contributed by atoms with Crippen LogP contribution in [0.1, 0.15) is 27.6 Å². The SMILES string of the molecule is C/C=C\N1C=CC(=C2C(=O)c3ccccc3C2=O)C=C1. The number of carbonyl (C=O) groups excluding carboxylic acids is 2. The second-order valence-corrected chi connectivity index (χ2v) is 4.60. The largest absolute Gasteiger partial charge is 0.331 e. The smallest absolute Gasteiger partial charge is 0.198 e. The van der Waals surface area contributed by atoms with E-state index in [0.29, 0.717) is 16.7 Å². The van der Waals surface area contributed by atoms with Gasteiger partial charge in [-0.2, -0.15) is 0 Å². The number of rotatable bonds is 1. The zero-order chi connectivity index (χ0) is 14.1. The summed E-state index contributed by atoms with van der Waals surface area (Å²) in [6.07, 6.45) is 11.0. The van der Waals surface area contributed by atoms with Crippen molar-refractivity contribution in [2.75, 3.05) is 0 Å². The molecule has 3 rings (SSSR count). The van der Waals surface area contributed by atoms with Gasteiger partial charge >= 0.3 is 0 Å². The molecule has 0 aromatic heterocycles. The lowest BCUT2D eigenvalue weighted by Crippen LogP contribution is -2.08. The van der Waals surface area contributed by atoms with E-state index in [0.717, 1.165) is 0 Å². The molecule has 0 amide bonds. The fourth-order valence-corrected chi connectivity index (χ4v) is 2.39. The number of hydrogen-bond donors (Lipinski definition) is 0. The summed E-state index contributed by atoms with van der Waals surface area (Å²) < 4.78 is 0. The first-order valence-electron chi connectivity index (χ1n) is 6.41. The molecule has 0 radical (unpaired) electrons. The molecular formula is C17H13NO2. The number of hydrogen-bond acceptors (Lipinski definition) is 3. The zero-order valence-corrected chi connectivity index (χ0v) is 11.0. The third kappa shape index (κ3) is 1.84. The molecule has 0 saturated carbocycles. The average Bonchev–Trinajstić information content (AvgIpc) is 2.73. The summed E-state index contributed by atoms with van der Waals surface area (Å²) in [5.74, 6) is -0.372. The molecule has 98 valence electrons. The van der Waals surface area contributed by atoms with Crippen LogP contribution < -0.4 is 0 Å². The van der Waals surface area contributed by atoms with E-state index in [9.17, 15) is 9.59 Å². The highest BCUT2D eigenvalue weighted by atomic mass is 16.2. The van der Waals surface area contributed by atoms with Crippen LogP contribution >= 0.6 is 0 Å². The summed E-state index contributed by atoms with van der Waals surface area (Å²) >= 11 is 0. The summed E-state index contributed by atoms with van der Waals surface area (Å²) in [5.41, 5.74) is 1.92. The highest BCUT2D eigenvalue weighted by molar-refractivity contribution is 6.40. The van der Waals surface area contributed by atoms with E-state index in [2.05, 4.69) is 0 Å². The molecule has 1 aliphatic carbocycles. The second kappa shape index (κ2) is 4.78. The monoisotopic (exact) mass is 263 g/mol. The van der Waals surface area contributed by atoms with Crippen LogP contribution in [0.3, 0.4) is 0 Å². The van der Waals surface area contributed by atoms with E-state index in [4.69, 9.17) is 0 Å². The number of fused-ring (bicyclic) bond motifs is 1. The maximum absolute atomic E-state index is 12.3. The number of ketones is 2. The molecule has 1 aromatic carbocycles. The van der Waals surface area contributed by atoms with E-state index in [1.54, 1.807) is 36.4 Å². The Morgan fingerprint density at radius 1 is 0.950 bits per heavy atom. The lowest BCUT2D eigenvalue weighted by atomic mass is 10.0. The van der Waals surface area contributed by atoms with Gasteiger partial charge in [0.25, 0.3) is 0 Å². The van der Waals surface area contributed by atoms with Gasteiger partial charge in [-0.05, 0) is 24.6 Å². The molecule has 2 aliphatic rings. The lowest BCUT2D eigenvalue weighted by molar-refractivity contribution is 0.0988. The van der Waals surface area contributed by atoms with Gasteiger partial charge in [-0.15, -0.1) is 0 Å². The van der Waals surface area contributed by atoms with Gasteiger partial charge in [0.15, 0.2) is 11.6 Å². The molecule has 0 saturated heterocycles. The van der Waals surface area contributed by atoms with Crippen LogP contribution in [0, 0.1) is 0 Å². The predicted molar refractivity (Wildman–Crippen MR) is 77.1 cm³/mol. The first-order chi connectivity index (χ1) is 9.72. The molecular weight excluding hydrogens is 250 g/mol. The number of nitrogens with zero attached hydrogens (tertiary/aromatic N) is 1. The third-order valence-electron chi connectivity index (χ3n) is 3.33. The number of allylic oxidation sites excluding steroid dienone is 5. The van der Waals surface area contributed by atoms with Gasteiger partial charge in [-0.3, -0.25) is 9.59 Å². The number of carbonyl (C=O) groups is 2. The minimum atomic E-state index is -0.186. The van der Waals surface area contributed by atoms with Gasteiger partial charge in [0.05, 0.1) is 5.57 Å². The van der Waals surface area contributed by atoms with Crippen LogP contribution in [0.5, 0.6) is 0 Å². The zero-order valence-electron chi connectivity index (χ0n) is 11.0. The fraction of sp³-hybridized carbons (Fsp3) is 0.0588. The molecule has 0 unspecified atom stereocenters. The number of Topliss-reactive ketones (excluding diaryl/α,β-unsaturated/α-hetero) is 2. The highest BCUT2D eigenvalue weighted by Crippen LogP contribution is 2.30. The van der Waals surface area contributed by atoms with Gasteiger partial charge in [0, 0.05) is 29.7 Å². The van der Waals surface area contributed by atoms with Gasteiger partial charge in [-0.1, -0.05) is 30.3 Å². The van der Waals surface area contributed by atoms with Crippen LogP contribution in [-0.2, 0) is 0 Å². The van der Waals surface area contributed by atoms with Crippen LogP contribution in [0.15, 0.2) is 72.2 Å². The molecule has 0 atom stereocenters. The minimum absolute atomic E-state index is 0.186. The fourth-order valence-electron chi connectivity index (χ4n) is 2.39. The molecule has 3 nitrogen and oxygen atoms in total. The molecule has 1 heterocycles. The maximum atomic E-state index is 12.3. The minimum Gasteiger partial charge on any atom is -0.331 e. The van der Waals surface area contributed by atoms with E-state index in [-0.39, 0.29) is 17.1 Å². The van der Waals surface area contributed by atoms with E-state index in [1.165, 1.54) is 0 Å². The summed E-state index contributed by atoms with van der Waals surface area (Å²) in [4.78, 5) is 26.5.